The Hall–Kier alpha value is -3.14. The fraction of sp³-hybridized carbons (Fsp3) is 0.0800. The summed E-state index contributed by atoms with van der Waals surface area (Å²) in [6.45, 7) is 0.216. The molecule has 4 amide bonds. The van der Waals surface area contributed by atoms with Crippen LogP contribution in [0.1, 0.15) is 11.1 Å². The Bertz CT molecular complexity index is 1360. The van der Waals surface area contributed by atoms with Crippen LogP contribution in [-0.4, -0.2) is 25.0 Å². The lowest BCUT2D eigenvalue weighted by Crippen LogP contribution is -2.54. The van der Waals surface area contributed by atoms with Crippen LogP contribution < -0.4 is 19.7 Å². The zero-order valence-electron chi connectivity index (χ0n) is 18.2. The molecule has 1 fully saturated rings. The maximum Gasteiger partial charge on any atom is 0.335 e. The van der Waals surface area contributed by atoms with E-state index in [0.717, 1.165) is 14.9 Å². The molecule has 0 unspecified atom stereocenters. The second kappa shape index (κ2) is 10.6. The molecule has 0 spiro atoms. The predicted octanol–water partition coefficient (Wildman–Crippen LogP) is 6.12. The van der Waals surface area contributed by atoms with E-state index in [1.807, 2.05) is 18.2 Å². The molecule has 4 rings (SSSR count). The van der Waals surface area contributed by atoms with Crippen molar-refractivity contribution < 1.29 is 23.9 Å². The van der Waals surface area contributed by atoms with E-state index < -0.39 is 17.8 Å². The summed E-state index contributed by atoms with van der Waals surface area (Å²) in [6, 6.07) is 16.4. The Labute approximate surface area is 222 Å². The van der Waals surface area contributed by atoms with E-state index in [4.69, 9.17) is 21.1 Å². The van der Waals surface area contributed by atoms with Crippen LogP contribution in [0.15, 0.2) is 75.2 Å². The maximum atomic E-state index is 13.1. The first-order chi connectivity index (χ1) is 16.8. The molecule has 1 saturated heterocycles. The third kappa shape index (κ3) is 5.42. The molecule has 0 aromatic heterocycles. The van der Waals surface area contributed by atoms with Crippen molar-refractivity contribution in [3.63, 3.8) is 0 Å². The van der Waals surface area contributed by atoms with Gasteiger partial charge in [0.1, 0.15) is 12.2 Å². The molecule has 1 N–H and O–H groups in total. The molecular formula is C25H17Br2ClN2O5. The van der Waals surface area contributed by atoms with Crippen LogP contribution in [0.25, 0.3) is 6.08 Å². The zero-order chi connectivity index (χ0) is 25.1. The fourth-order valence-electron chi connectivity index (χ4n) is 3.34. The summed E-state index contributed by atoms with van der Waals surface area (Å²) in [5.41, 5.74) is 1.41. The van der Waals surface area contributed by atoms with Crippen molar-refractivity contribution in [2.75, 3.05) is 12.0 Å². The van der Waals surface area contributed by atoms with Gasteiger partial charge in [-0.15, -0.1) is 0 Å². The van der Waals surface area contributed by atoms with Gasteiger partial charge in [-0.3, -0.25) is 14.9 Å². The lowest BCUT2D eigenvalue weighted by atomic mass is 10.1. The van der Waals surface area contributed by atoms with Gasteiger partial charge < -0.3 is 9.47 Å². The van der Waals surface area contributed by atoms with Crippen LogP contribution in [-0.2, 0) is 16.2 Å². The van der Waals surface area contributed by atoms with E-state index in [0.29, 0.717) is 32.2 Å². The molecule has 0 saturated carbocycles. The third-order valence-corrected chi connectivity index (χ3v) is 6.69. The topological polar surface area (TPSA) is 84.9 Å². The molecule has 35 heavy (non-hydrogen) atoms. The highest BCUT2D eigenvalue weighted by molar-refractivity contribution is 9.10. The van der Waals surface area contributed by atoms with E-state index in [2.05, 4.69) is 37.2 Å². The molecule has 0 aliphatic carbocycles. The minimum Gasteiger partial charge on any atom is -0.493 e. The summed E-state index contributed by atoms with van der Waals surface area (Å²) in [5.74, 6) is -0.714. The highest BCUT2D eigenvalue weighted by Gasteiger charge is 2.37. The highest BCUT2D eigenvalue weighted by Crippen LogP contribution is 2.36. The zero-order valence-corrected chi connectivity index (χ0v) is 22.1. The fourth-order valence-corrected chi connectivity index (χ4v) is 4.23. The summed E-state index contributed by atoms with van der Waals surface area (Å²) in [6.07, 6.45) is 1.39. The van der Waals surface area contributed by atoms with Gasteiger partial charge in [0.25, 0.3) is 11.8 Å². The Morgan fingerprint density at radius 2 is 1.71 bits per heavy atom. The molecule has 178 valence electrons. The number of halogens is 3. The summed E-state index contributed by atoms with van der Waals surface area (Å²) in [7, 11) is 1.48. The van der Waals surface area contributed by atoms with Gasteiger partial charge in [-0.1, -0.05) is 61.7 Å². The van der Waals surface area contributed by atoms with Crippen molar-refractivity contribution in [3.05, 3.63) is 91.3 Å². The number of barbiturate groups is 1. The number of urea groups is 1. The molecular weight excluding hydrogens is 604 g/mol. The Morgan fingerprint density at radius 1 is 1.00 bits per heavy atom. The molecule has 7 nitrogen and oxygen atoms in total. The van der Waals surface area contributed by atoms with Crippen molar-refractivity contribution in [2.24, 2.45) is 0 Å². The average Bonchev–Trinajstić information content (AvgIpc) is 2.83. The van der Waals surface area contributed by atoms with E-state index in [9.17, 15) is 14.4 Å². The molecule has 0 atom stereocenters. The number of ether oxygens (including phenoxy) is 2. The number of hydrogen-bond acceptors (Lipinski definition) is 5. The summed E-state index contributed by atoms with van der Waals surface area (Å²) < 4.78 is 12.7. The predicted molar refractivity (Wildman–Crippen MR) is 140 cm³/mol. The normalized spacial score (nSPS) is 14.8. The van der Waals surface area contributed by atoms with Gasteiger partial charge in [-0.2, -0.15) is 0 Å². The van der Waals surface area contributed by atoms with E-state index >= 15 is 0 Å². The van der Waals surface area contributed by atoms with Gasteiger partial charge in [-0.25, -0.2) is 9.69 Å². The Kier molecular flexibility index (Phi) is 7.59. The van der Waals surface area contributed by atoms with Gasteiger partial charge in [0.2, 0.25) is 0 Å². The first-order valence-electron chi connectivity index (χ1n) is 10.2. The molecule has 0 bridgehead atoms. The molecule has 1 aliphatic rings. The third-order valence-electron chi connectivity index (χ3n) is 5.11. The van der Waals surface area contributed by atoms with Crippen molar-refractivity contribution in [3.8, 4) is 11.5 Å². The van der Waals surface area contributed by atoms with E-state index in [-0.39, 0.29) is 12.2 Å². The number of amides is 4. The van der Waals surface area contributed by atoms with Gasteiger partial charge >= 0.3 is 6.03 Å². The van der Waals surface area contributed by atoms with Crippen LogP contribution in [0.4, 0.5) is 10.5 Å². The molecule has 0 radical (unpaired) electrons. The SMILES string of the molecule is COc1cc(/C=C2\C(=O)NC(=O)N(c3ccc(Br)cc3)C2=O)c(Br)cc1OCc1ccccc1Cl. The number of nitrogens with one attached hydrogen (secondary N) is 1. The lowest BCUT2D eigenvalue weighted by Gasteiger charge is -2.26. The molecule has 1 aliphatic heterocycles. The number of imide groups is 2. The molecule has 3 aromatic rings. The number of anilines is 1. The number of carbonyl (C=O) groups is 3. The molecule has 3 aromatic carbocycles. The summed E-state index contributed by atoms with van der Waals surface area (Å²) in [4.78, 5) is 39.0. The van der Waals surface area contributed by atoms with Gasteiger partial charge in [-0.05, 0) is 54.1 Å². The maximum absolute atomic E-state index is 13.1. The average molecular weight is 621 g/mol. The number of methoxy groups -OCH3 is 1. The summed E-state index contributed by atoms with van der Waals surface area (Å²) in [5, 5.41) is 2.79. The van der Waals surface area contributed by atoms with Crippen LogP contribution in [0.2, 0.25) is 5.02 Å². The van der Waals surface area contributed by atoms with Crippen molar-refractivity contribution in [2.45, 2.75) is 6.61 Å². The second-order valence-corrected chi connectivity index (χ2v) is 9.52. The monoisotopic (exact) mass is 618 g/mol. The quantitative estimate of drug-likeness (QED) is 0.265. The first-order valence-corrected chi connectivity index (χ1v) is 12.2. The minimum atomic E-state index is -0.820. The minimum absolute atomic E-state index is 0.208. The number of rotatable bonds is 6. The van der Waals surface area contributed by atoms with Crippen LogP contribution in [0.5, 0.6) is 11.5 Å². The van der Waals surface area contributed by atoms with Gasteiger partial charge in [0.15, 0.2) is 11.5 Å². The highest BCUT2D eigenvalue weighted by atomic mass is 79.9. The van der Waals surface area contributed by atoms with Crippen molar-refractivity contribution >= 4 is 73.1 Å². The molecule has 10 heteroatoms. The largest absolute Gasteiger partial charge is 0.493 e. The Balaban J connectivity index is 1.65. The summed E-state index contributed by atoms with van der Waals surface area (Å²) >= 11 is 13.0. The van der Waals surface area contributed by atoms with Gasteiger partial charge in [0.05, 0.1) is 12.8 Å². The lowest BCUT2D eigenvalue weighted by molar-refractivity contribution is -0.122. The van der Waals surface area contributed by atoms with Crippen LogP contribution in [0, 0.1) is 0 Å². The number of nitrogens with zero attached hydrogens (tertiary/aromatic N) is 1. The van der Waals surface area contributed by atoms with Crippen molar-refractivity contribution in [1.82, 2.24) is 5.32 Å². The van der Waals surface area contributed by atoms with E-state index in [1.165, 1.54) is 13.2 Å². The first kappa shape index (κ1) is 25.0. The van der Waals surface area contributed by atoms with Crippen molar-refractivity contribution in [1.29, 1.82) is 0 Å². The Morgan fingerprint density at radius 3 is 2.40 bits per heavy atom. The number of carbonyl (C=O) groups excluding carboxylic acids is 3. The number of benzene rings is 3. The van der Waals surface area contributed by atoms with Gasteiger partial charge in [0, 0.05) is 19.5 Å². The van der Waals surface area contributed by atoms with E-state index in [1.54, 1.807) is 42.5 Å². The smallest absolute Gasteiger partial charge is 0.335 e. The molecule has 1 heterocycles. The second-order valence-electron chi connectivity index (χ2n) is 7.34. The van der Waals surface area contributed by atoms with Crippen LogP contribution >= 0.6 is 43.5 Å². The van der Waals surface area contributed by atoms with Crippen LogP contribution in [0.3, 0.4) is 0 Å². The standard InChI is InChI=1S/C25H17Br2ClN2O5/c1-34-21-11-15(19(27)12-22(21)35-13-14-4-2-3-5-20(14)28)10-18-23(31)29-25(33)30(24(18)32)17-8-6-16(26)7-9-17/h2-12H,13H2,1H3,(H,29,31,33)/b18-10+. The number of hydrogen-bond donors (Lipinski definition) is 1.